The van der Waals surface area contributed by atoms with Crippen molar-refractivity contribution in [1.82, 2.24) is 0 Å². The van der Waals surface area contributed by atoms with E-state index in [9.17, 15) is 0 Å². The van der Waals surface area contributed by atoms with E-state index >= 15 is 0 Å². The molecule has 0 saturated heterocycles. The van der Waals surface area contributed by atoms with Crippen molar-refractivity contribution in [1.29, 1.82) is 0 Å². The maximum atomic E-state index is 4.09. The summed E-state index contributed by atoms with van der Waals surface area (Å²) in [6.07, 6.45) is 13.0. The van der Waals surface area contributed by atoms with E-state index in [1.807, 2.05) is 0 Å². The Morgan fingerprint density at radius 2 is 1.32 bits per heavy atom. The van der Waals surface area contributed by atoms with Gasteiger partial charge in [-0.2, -0.15) is 0 Å². The highest BCUT2D eigenvalue weighted by atomic mass is 15.1. The van der Waals surface area contributed by atoms with E-state index < -0.39 is 0 Å². The molecule has 1 nitrogen and oxygen atoms in total. The van der Waals surface area contributed by atoms with E-state index in [-0.39, 0.29) is 16.4 Å². The summed E-state index contributed by atoms with van der Waals surface area (Å²) >= 11 is 0. The van der Waals surface area contributed by atoms with Gasteiger partial charge in [0.15, 0.2) is 0 Å². The second-order valence-corrected chi connectivity index (χ2v) is 13.6. The quantitative estimate of drug-likeness (QED) is 0.363. The van der Waals surface area contributed by atoms with Gasteiger partial charge in [-0.25, -0.2) is 0 Å². The van der Waals surface area contributed by atoms with Crippen LogP contribution in [0.1, 0.15) is 114 Å². The summed E-state index contributed by atoms with van der Waals surface area (Å²) < 4.78 is 0. The minimum Gasteiger partial charge on any atom is -0.374 e. The third-order valence-corrected chi connectivity index (χ3v) is 11.6. The standard InChI is InChI=1S/C37H47N/c1-6-20-34(3)21-10-11-22-35(34,4)31-25-28(17-16-27(31)2)29-18-19-33-32(26-29)36(5)23-12-13-24-37(36,38-33)30-14-8-7-9-15-30/h7-9,14-19,25-26,38H,6,10-13,20-24H2,1-5H3. The summed E-state index contributed by atoms with van der Waals surface area (Å²) in [5.41, 5.74) is 10.8. The second kappa shape index (κ2) is 9.29. The molecule has 0 amide bonds. The molecule has 0 radical (unpaired) electrons. The van der Waals surface area contributed by atoms with E-state index in [1.54, 1.807) is 5.56 Å². The molecule has 4 atom stereocenters. The zero-order valence-corrected chi connectivity index (χ0v) is 24.4. The van der Waals surface area contributed by atoms with Crippen LogP contribution in [0.25, 0.3) is 11.1 Å². The van der Waals surface area contributed by atoms with Crippen LogP contribution >= 0.6 is 0 Å². The highest BCUT2D eigenvalue weighted by Crippen LogP contribution is 2.60. The van der Waals surface area contributed by atoms with Crippen LogP contribution in [0.2, 0.25) is 0 Å². The van der Waals surface area contributed by atoms with Crippen LogP contribution < -0.4 is 5.32 Å². The maximum absolute atomic E-state index is 4.09. The fourth-order valence-corrected chi connectivity index (χ4v) is 9.08. The highest BCUT2D eigenvalue weighted by Gasteiger charge is 2.56. The molecule has 3 aromatic rings. The fraction of sp³-hybridized carbons (Fsp3) is 0.514. The average molecular weight is 506 g/mol. The first-order chi connectivity index (χ1) is 18.3. The summed E-state index contributed by atoms with van der Waals surface area (Å²) in [6, 6.07) is 25.9. The monoisotopic (exact) mass is 505 g/mol. The Morgan fingerprint density at radius 1 is 0.684 bits per heavy atom. The Balaban J connectivity index is 1.44. The predicted octanol–water partition coefficient (Wildman–Crippen LogP) is 10.5. The molecule has 3 aromatic carbocycles. The van der Waals surface area contributed by atoms with Gasteiger partial charge in [0, 0.05) is 11.1 Å². The Kier molecular flexibility index (Phi) is 6.29. The molecule has 0 bridgehead atoms. The first-order valence-corrected chi connectivity index (χ1v) is 15.4. The summed E-state index contributed by atoms with van der Waals surface area (Å²) in [5, 5.41) is 4.09. The van der Waals surface area contributed by atoms with E-state index in [0.29, 0.717) is 5.41 Å². The molecule has 1 heteroatoms. The number of hydrogen-bond acceptors (Lipinski definition) is 1. The van der Waals surface area contributed by atoms with Crippen molar-refractivity contribution in [3.63, 3.8) is 0 Å². The van der Waals surface area contributed by atoms with Crippen LogP contribution in [0.4, 0.5) is 5.69 Å². The van der Waals surface area contributed by atoms with E-state index in [4.69, 9.17) is 0 Å². The SMILES string of the molecule is CCCC1(C)CCCCC1(C)c1cc(-c2ccc3c(c2)C2(C)CCCCC2(c2ccccc2)N3)ccc1C. The molecule has 4 unspecified atom stereocenters. The van der Waals surface area contributed by atoms with Gasteiger partial charge in [-0.3, -0.25) is 0 Å². The lowest BCUT2D eigenvalue weighted by Gasteiger charge is -2.51. The van der Waals surface area contributed by atoms with Crippen LogP contribution in [0.5, 0.6) is 0 Å². The Morgan fingerprint density at radius 3 is 2.05 bits per heavy atom. The Hall–Kier alpha value is -2.54. The number of nitrogens with one attached hydrogen (secondary N) is 1. The third kappa shape index (κ3) is 3.64. The van der Waals surface area contributed by atoms with Crippen molar-refractivity contribution in [3.05, 3.63) is 89.0 Å². The Bertz CT molecular complexity index is 1320. The second-order valence-electron chi connectivity index (χ2n) is 13.6. The van der Waals surface area contributed by atoms with Gasteiger partial charge >= 0.3 is 0 Å². The molecule has 200 valence electrons. The average Bonchev–Trinajstić information content (AvgIpc) is 3.20. The summed E-state index contributed by atoms with van der Waals surface area (Å²) in [5.74, 6) is 0. The zero-order valence-electron chi connectivity index (χ0n) is 24.4. The van der Waals surface area contributed by atoms with Crippen molar-refractivity contribution in [2.45, 2.75) is 115 Å². The number of rotatable bonds is 5. The smallest absolute Gasteiger partial charge is 0.0719 e. The van der Waals surface area contributed by atoms with Crippen molar-refractivity contribution >= 4 is 5.69 Å². The zero-order chi connectivity index (χ0) is 26.6. The molecular weight excluding hydrogens is 458 g/mol. The molecule has 1 heterocycles. The number of hydrogen-bond donors (Lipinski definition) is 1. The van der Waals surface area contributed by atoms with Gasteiger partial charge in [0.2, 0.25) is 0 Å². The number of aryl methyl sites for hydroxylation is 1. The van der Waals surface area contributed by atoms with Gasteiger partial charge in [-0.05, 0) is 95.4 Å². The maximum Gasteiger partial charge on any atom is 0.0719 e. The predicted molar refractivity (Wildman–Crippen MR) is 163 cm³/mol. The highest BCUT2D eigenvalue weighted by molar-refractivity contribution is 5.75. The molecule has 6 rings (SSSR count). The van der Waals surface area contributed by atoms with E-state index in [0.717, 1.165) is 0 Å². The first kappa shape index (κ1) is 25.7. The molecule has 1 N–H and O–H groups in total. The molecular formula is C37H47N. The molecule has 2 fully saturated rings. The molecule has 1 aliphatic heterocycles. The summed E-state index contributed by atoms with van der Waals surface area (Å²) in [4.78, 5) is 0. The van der Waals surface area contributed by atoms with Gasteiger partial charge < -0.3 is 5.32 Å². The van der Waals surface area contributed by atoms with Gasteiger partial charge in [0.1, 0.15) is 0 Å². The van der Waals surface area contributed by atoms with Gasteiger partial charge in [0.25, 0.3) is 0 Å². The Labute approximate surface area is 231 Å². The lowest BCUT2D eigenvalue weighted by atomic mass is 9.53. The minimum absolute atomic E-state index is 0.0105. The summed E-state index contributed by atoms with van der Waals surface area (Å²) in [7, 11) is 0. The third-order valence-electron chi connectivity index (χ3n) is 11.6. The van der Waals surface area contributed by atoms with Gasteiger partial charge in [0.05, 0.1) is 5.54 Å². The van der Waals surface area contributed by atoms with E-state index in [1.165, 1.54) is 97.7 Å². The van der Waals surface area contributed by atoms with Gasteiger partial charge in [-0.15, -0.1) is 0 Å². The number of fused-ring (bicyclic) bond motifs is 3. The largest absolute Gasteiger partial charge is 0.374 e. The molecule has 2 saturated carbocycles. The molecule has 0 spiro atoms. The van der Waals surface area contributed by atoms with Crippen LogP contribution in [0.3, 0.4) is 0 Å². The topological polar surface area (TPSA) is 12.0 Å². The van der Waals surface area contributed by atoms with Crippen molar-refractivity contribution in [2.75, 3.05) is 5.32 Å². The summed E-state index contributed by atoms with van der Waals surface area (Å²) in [6.45, 7) is 12.4. The van der Waals surface area contributed by atoms with Crippen molar-refractivity contribution in [2.24, 2.45) is 5.41 Å². The normalized spacial score (nSPS) is 32.3. The number of anilines is 1. The minimum atomic E-state index is -0.0105. The van der Waals surface area contributed by atoms with Crippen LogP contribution in [-0.2, 0) is 16.4 Å². The van der Waals surface area contributed by atoms with Crippen LogP contribution in [0, 0.1) is 12.3 Å². The molecule has 3 aliphatic rings. The molecule has 0 aromatic heterocycles. The van der Waals surface area contributed by atoms with Crippen LogP contribution in [0.15, 0.2) is 66.7 Å². The van der Waals surface area contributed by atoms with Crippen molar-refractivity contribution < 1.29 is 0 Å². The first-order valence-electron chi connectivity index (χ1n) is 15.4. The lowest BCUT2D eigenvalue weighted by Crippen LogP contribution is -2.50. The van der Waals surface area contributed by atoms with E-state index in [2.05, 4.69) is 107 Å². The molecule has 38 heavy (non-hydrogen) atoms. The van der Waals surface area contributed by atoms with Gasteiger partial charge in [-0.1, -0.05) is 114 Å². The van der Waals surface area contributed by atoms with Crippen LogP contribution in [-0.4, -0.2) is 0 Å². The number of benzene rings is 3. The van der Waals surface area contributed by atoms with Crippen molar-refractivity contribution in [3.8, 4) is 11.1 Å². The molecule has 2 aliphatic carbocycles. The fourth-order valence-electron chi connectivity index (χ4n) is 9.08. The lowest BCUT2D eigenvalue weighted by molar-refractivity contribution is 0.0763.